The molecular formula is C11H21NO2. The van der Waals surface area contributed by atoms with Crippen LogP contribution in [0.15, 0.2) is 0 Å². The Kier molecular flexibility index (Phi) is 3.53. The minimum Gasteiger partial charge on any atom is -0.469 e. The zero-order valence-electron chi connectivity index (χ0n) is 9.38. The summed E-state index contributed by atoms with van der Waals surface area (Å²) in [4.78, 5) is 11.8. The number of esters is 1. The Labute approximate surface area is 86.0 Å². The number of hydrogen-bond donors (Lipinski definition) is 1. The molecule has 0 amide bonds. The molecule has 0 aromatic heterocycles. The molecule has 1 fully saturated rings. The molecule has 1 aliphatic rings. The second-order valence-electron chi connectivity index (χ2n) is 4.72. The van der Waals surface area contributed by atoms with Crippen molar-refractivity contribution in [2.75, 3.05) is 13.7 Å². The van der Waals surface area contributed by atoms with Gasteiger partial charge >= 0.3 is 5.97 Å². The molecular weight excluding hydrogens is 178 g/mol. The zero-order valence-corrected chi connectivity index (χ0v) is 9.38. The maximum atomic E-state index is 11.8. The van der Waals surface area contributed by atoms with Crippen LogP contribution in [0.25, 0.3) is 0 Å². The van der Waals surface area contributed by atoms with E-state index in [1.807, 2.05) is 0 Å². The minimum absolute atomic E-state index is 0.115. The molecule has 2 N–H and O–H groups in total. The Balaban J connectivity index is 2.79. The summed E-state index contributed by atoms with van der Waals surface area (Å²) in [5, 5.41) is 0. The summed E-state index contributed by atoms with van der Waals surface area (Å²) in [6.45, 7) is 4.66. The molecule has 1 aliphatic carbocycles. The lowest BCUT2D eigenvalue weighted by Crippen LogP contribution is -2.42. The summed E-state index contributed by atoms with van der Waals surface area (Å²) in [6, 6.07) is 0. The number of ether oxygens (including phenoxy) is 1. The first-order valence-electron chi connectivity index (χ1n) is 5.35. The molecule has 0 spiro atoms. The van der Waals surface area contributed by atoms with E-state index in [0.29, 0.717) is 18.4 Å². The molecule has 0 saturated heterocycles. The first-order chi connectivity index (χ1) is 6.56. The summed E-state index contributed by atoms with van der Waals surface area (Å²) in [7, 11) is 1.45. The van der Waals surface area contributed by atoms with Gasteiger partial charge < -0.3 is 10.5 Å². The number of nitrogens with two attached hydrogens (primary N) is 1. The van der Waals surface area contributed by atoms with Crippen LogP contribution in [-0.4, -0.2) is 19.6 Å². The van der Waals surface area contributed by atoms with E-state index < -0.39 is 5.41 Å². The monoisotopic (exact) mass is 199 g/mol. The van der Waals surface area contributed by atoms with Gasteiger partial charge in [-0.05, 0) is 31.1 Å². The fraction of sp³-hybridized carbons (Fsp3) is 0.909. The lowest BCUT2D eigenvalue weighted by molar-refractivity contribution is -0.154. The van der Waals surface area contributed by atoms with Crippen molar-refractivity contribution in [3.63, 3.8) is 0 Å². The molecule has 1 atom stereocenters. The third kappa shape index (κ3) is 2.08. The van der Waals surface area contributed by atoms with Crippen LogP contribution < -0.4 is 5.73 Å². The van der Waals surface area contributed by atoms with Crippen LogP contribution in [0.1, 0.15) is 33.1 Å². The molecule has 0 aromatic rings. The van der Waals surface area contributed by atoms with Gasteiger partial charge in [0.25, 0.3) is 0 Å². The Hall–Kier alpha value is -0.570. The average molecular weight is 199 g/mol. The lowest BCUT2D eigenvalue weighted by Gasteiger charge is -2.31. The van der Waals surface area contributed by atoms with Crippen molar-refractivity contribution in [3.05, 3.63) is 0 Å². The molecule has 0 aromatic carbocycles. The van der Waals surface area contributed by atoms with Gasteiger partial charge in [-0.15, -0.1) is 0 Å². The van der Waals surface area contributed by atoms with Crippen molar-refractivity contribution in [2.45, 2.75) is 33.1 Å². The smallest absolute Gasteiger partial charge is 0.313 e. The first-order valence-corrected chi connectivity index (χ1v) is 5.35. The van der Waals surface area contributed by atoms with E-state index in [2.05, 4.69) is 13.8 Å². The summed E-state index contributed by atoms with van der Waals surface area (Å²) in [5.41, 5.74) is 5.37. The molecule has 1 saturated carbocycles. The number of hydrogen-bond acceptors (Lipinski definition) is 3. The van der Waals surface area contributed by atoms with Gasteiger partial charge in [0.2, 0.25) is 0 Å². The van der Waals surface area contributed by atoms with E-state index in [0.717, 1.165) is 19.3 Å². The molecule has 82 valence electrons. The van der Waals surface area contributed by atoms with Crippen LogP contribution in [0.4, 0.5) is 0 Å². The second kappa shape index (κ2) is 4.30. The SMILES string of the molecule is COC(=O)C(CN)(CC(C)C)C1CC1. The maximum Gasteiger partial charge on any atom is 0.313 e. The molecule has 14 heavy (non-hydrogen) atoms. The summed E-state index contributed by atoms with van der Waals surface area (Å²) < 4.78 is 4.89. The molecule has 3 heteroatoms. The zero-order chi connectivity index (χ0) is 10.8. The normalized spacial score (nSPS) is 20.6. The van der Waals surface area contributed by atoms with Crippen molar-refractivity contribution < 1.29 is 9.53 Å². The largest absolute Gasteiger partial charge is 0.469 e. The van der Waals surface area contributed by atoms with Crippen LogP contribution in [0.5, 0.6) is 0 Å². The van der Waals surface area contributed by atoms with E-state index in [1.165, 1.54) is 7.11 Å². The summed E-state index contributed by atoms with van der Waals surface area (Å²) >= 11 is 0. The van der Waals surface area contributed by atoms with Crippen LogP contribution in [0.3, 0.4) is 0 Å². The van der Waals surface area contributed by atoms with Crippen molar-refractivity contribution in [1.82, 2.24) is 0 Å². The molecule has 0 heterocycles. The highest BCUT2D eigenvalue weighted by atomic mass is 16.5. The van der Waals surface area contributed by atoms with Crippen molar-refractivity contribution in [3.8, 4) is 0 Å². The molecule has 1 rings (SSSR count). The maximum absolute atomic E-state index is 11.8. The van der Waals surface area contributed by atoms with Crippen LogP contribution in [-0.2, 0) is 9.53 Å². The van der Waals surface area contributed by atoms with E-state index >= 15 is 0 Å². The molecule has 3 nitrogen and oxygen atoms in total. The van der Waals surface area contributed by atoms with Gasteiger partial charge in [-0.25, -0.2) is 0 Å². The van der Waals surface area contributed by atoms with E-state index in [1.54, 1.807) is 0 Å². The topological polar surface area (TPSA) is 52.3 Å². The number of rotatable bonds is 5. The van der Waals surface area contributed by atoms with Crippen LogP contribution in [0, 0.1) is 17.3 Å². The predicted octanol–water partition coefficient (Wildman–Crippen LogP) is 1.56. The van der Waals surface area contributed by atoms with E-state index in [4.69, 9.17) is 10.5 Å². The fourth-order valence-electron chi connectivity index (χ4n) is 2.32. The van der Waals surface area contributed by atoms with Gasteiger partial charge in [0.05, 0.1) is 12.5 Å². The van der Waals surface area contributed by atoms with Crippen molar-refractivity contribution in [1.29, 1.82) is 0 Å². The quantitative estimate of drug-likeness (QED) is 0.684. The Bertz CT molecular complexity index is 211. The Morgan fingerprint density at radius 1 is 1.57 bits per heavy atom. The van der Waals surface area contributed by atoms with Gasteiger partial charge in [0, 0.05) is 6.54 Å². The van der Waals surface area contributed by atoms with Crippen LogP contribution in [0.2, 0.25) is 0 Å². The van der Waals surface area contributed by atoms with E-state index in [-0.39, 0.29) is 5.97 Å². The highest BCUT2D eigenvalue weighted by Crippen LogP contribution is 2.49. The standard InChI is InChI=1S/C11H21NO2/c1-8(2)6-11(7-12,9-4-5-9)10(13)14-3/h8-9H,4-7,12H2,1-3H3. The summed E-state index contributed by atoms with van der Waals surface area (Å²) in [6.07, 6.45) is 3.10. The Morgan fingerprint density at radius 3 is 2.43 bits per heavy atom. The number of methoxy groups -OCH3 is 1. The predicted molar refractivity (Wildman–Crippen MR) is 55.7 cm³/mol. The van der Waals surface area contributed by atoms with Gasteiger partial charge in [0.15, 0.2) is 0 Å². The van der Waals surface area contributed by atoms with Crippen molar-refractivity contribution >= 4 is 5.97 Å². The third-order valence-electron chi connectivity index (χ3n) is 3.09. The third-order valence-corrected chi connectivity index (χ3v) is 3.09. The average Bonchev–Trinajstić information content (AvgIpc) is 2.96. The molecule has 0 bridgehead atoms. The summed E-state index contributed by atoms with van der Waals surface area (Å²) in [5.74, 6) is 0.830. The van der Waals surface area contributed by atoms with Gasteiger partial charge in [-0.1, -0.05) is 13.8 Å². The highest BCUT2D eigenvalue weighted by molar-refractivity contribution is 5.78. The molecule has 0 radical (unpaired) electrons. The van der Waals surface area contributed by atoms with Crippen molar-refractivity contribution in [2.24, 2.45) is 23.0 Å². The molecule has 0 aliphatic heterocycles. The Morgan fingerprint density at radius 2 is 2.14 bits per heavy atom. The minimum atomic E-state index is -0.400. The lowest BCUT2D eigenvalue weighted by atomic mass is 9.76. The van der Waals surface area contributed by atoms with Gasteiger partial charge in [-0.2, -0.15) is 0 Å². The van der Waals surface area contributed by atoms with Gasteiger partial charge in [0.1, 0.15) is 0 Å². The highest BCUT2D eigenvalue weighted by Gasteiger charge is 2.50. The number of carbonyl (C=O) groups is 1. The number of carbonyl (C=O) groups excluding carboxylic acids is 1. The van der Waals surface area contributed by atoms with E-state index in [9.17, 15) is 4.79 Å². The van der Waals surface area contributed by atoms with Gasteiger partial charge in [-0.3, -0.25) is 4.79 Å². The van der Waals surface area contributed by atoms with Crippen LogP contribution >= 0.6 is 0 Å². The molecule has 1 unspecified atom stereocenters. The first kappa shape index (κ1) is 11.5. The fourth-order valence-corrected chi connectivity index (χ4v) is 2.32. The second-order valence-corrected chi connectivity index (χ2v) is 4.72.